The molecule has 0 heterocycles. The Balaban J connectivity index is 2.57. The quantitative estimate of drug-likeness (QED) is 0.814. The normalized spacial score (nSPS) is 13.3. The van der Waals surface area contributed by atoms with E-state index in [1.807, 2.05) is 58.0 Å². The second kappa shape index (κ2) is 9.07. The molecule has 5 nitrogen and oxygen atoms in total. The second-order valence-corrected chi connectivity index (χ2v) is 5.73. The zero-order chi connectivity index (χ0) is 16.5. The van der Waals surface area contributed by atoms with Crippen molar-refractivity contribution < 1.29 is 14.3 Å². The molecule has 22 heavy (non-hydrogen) atoms. The van der Waals surface area contributed by atoms with Crippen LogP contribution < -0.4 is 10.6 Å². The van der Waals surface area contributed by atoms with Crippen LogP contribution in [0.1, 0.15) is 39.7 Å². The molecule has 2 N–H and O–H groups in total. The Kier molecular flexibility index (Phi) is 7.43. The average molecular weight is 306 g/mol. The molecule has 0 aliphatic rings. The van der Waals surface area contributed by atoms with Crippen molar-refractivity contribution in [1.82, 2.24) is 10.6 Å². The molecule has 5 heteroatoms. The first-order valence-electron chi connectivity index (χ1n) is 7.71. The van der Waals surface area contributed by atoms with E-state index in [1.165, 1.54) is 0 Å². The van der Waals surface area contributed by atoms with Gasteiger partial charge in [0.1, 0.15) is 12.6 Å². The summed E-state index contributed by atoms with van der Waals surface area (Å²) in [7, 11) is 0. The van der Waals surface area contributed by atoms with E-state index in [1.54, 1.807) is 0 Å². The van der Waals surface area contributed by atoms with Gasteiger partial charge in [0.05, 0.1) is 0 Å². The Labute approximate surface area is 132 Å². The molecule has 1 aromatic rings. The summed E-state index contributed by atoms with van der Waals surface area (Å²) in [5, 5.41) is 5.50. The Morgan fingerprint density at radius 3 is 2.27 bits per heavy atom. The summed E-state index contributed by atoms with van der Waals surface area (Å²) >= 11 is 0. The van der Waals surface area contributed by atoms with E-state index in [2.05, 4.69) is 10.6 Å². The Morgan fingerprint density at radius 1 is 1.09 bits per heavy atom. The summed E-state index contributed by atoms with van der Waals surface area (Å²) in [4.78, 5) is 24.1. The van der Waals surface area contributed by atoms with E-state index in [-0.39, 0.29) is 24.5 Å². The van der Waals surface area contributed by atoms with Gasteiger partial charge in [0.25, 0.3) is 0 Å². The zero-order valence-electron chi connectivity index (χ0n) is 13.8. The number of carbonyl (C=O) groups excluding carboxylic acids is 2. The van der Waals surface area contributed by atoms with Crippen LogP contribution in [0.15, 0.2) is 30.3 Å². The fourth-order valence-electron chi connectivity index (χ4n) is 1.97. The molecule has 0 fully saturated rings. The largest absolute Gasteiger partial charge is 0.445 e. The molecule has 0 bridgehead atoms. The van der Waals surface area contributed by atoms with Crippen molar-refractivity contribution in [3.63, 3.8) is 0 Å². The number of alkyl carbamates (subject to hydrolysis) is 1. The van der Waals surface area contributed by atoms with Gasteiger partial charge in [0, 0.05) is 6.04 Å². The first kappa shape index (κ1) is 18.0. The first-order valence-corrected chi connectivity index (χ1v) is 7.71. The van der Waals surface area contributed by atoms with Crippen LogP contribution in [-0.2, 0) is 16.1 Å². The highest BCUT2D eigenvalue weighted by atomic mass is 16.5. The number of benzene rings is 1. The van der Waals surface area contributed by atoms with Crippen LogP contribution >= 0.6 is 0 Å². The van der Waals surface area contributed by atoms with Gasteiger partial charge in [-0.1, -0.05) is 50.6 Å². The van der Waals surface area contributed by atoms with Crippen molar-refractivity contribution in [3.05, 3.63) is 35.9 Å². The van der Waals surface area contributed by atoms with Crippen LogP contribution in [0.5, 0.6) is 0 Å². The lowest BCUT2D eigenvalue weighted by molar-refractivity contribution is -0.124. The Hall–Kier alpha value is -2.04. The summed E-state index contributed by atoms with van der Waals surface area (Å²) in [6, 6.07) is 8.87. The third-order valence-corrected chi connectivity index (χ3v) is 3.41. The van der Waals surface area contributed by atoms with Crippen LogP contribution in [0.4, 0.5) is 4.79 Å². The summed E-state index contributed by atoms with van der Waals surface area (Å²) < 4.78 is 5.18. The molecule has 122 valence electrons. The number of ether oxygens (including phenoxy) is 1. The number of hydrogen-bond acceptors (Lipinski definition) is 3. The predicted octanol–water partition coefficient (Wildman–Crippen LogP) is 2.85. The van der Waals surface area contributed by atoms with E-state index in [9.17, 15) is 9.59 Å². The van der Waals surface area contributed by atoms with Crippen molar-refractivity contribution in [2.24, 2.45) is 5.92 Å². The smallest absolute Gasteiger partial charge is 0.408 e. The molecule has 0 radical (unpaired) electrons. The molecule has 0 aliphatic carbocycles. The van der Waals surface area contributed by atoms with Gasteiger partial charge >= 0.3 is 6.09 Å². The highest BCUT2D eigenvalue weighted by Crippen LogP contribution is 2.09. The van der Waals surface area contributed by atoms with Crippen molar-refractivity contribution in [2.45, 2.75) is 52.8 Å². The van der Waals surface area contributed by atoms with E-state index in [0.29, 0.717) is 0 Å². The zero-order valence-corrected chi connectivity index (χ0v) is 13.8. The number of amides is 2. The van der Waals surface area contributed by atoms with Gasteiger partial charge in [0.15, 0.2) is 0 Å². The number of nitrogens with one attached hydrogen (secondary N) is 2. The minimum Gasteiger partial charge on any atom is -0.445 e. The lowest BCUT2D eigenvalue weighted by Gasteiger charge is -2.24. The van der Waals surface area contributed by atoms with Gasteiger partial charge in [-0.25, -0.2) is 4.79 Å². The minimum absolute atomic E-state index is 0.0289. The monoisotopic (exact) mass is 306 g/mol. The van der Waals surface area contributed by atoms with Crippen LogP contribution in [0.25, 0.3) is 0 Å². The van der Waals surface area contributed by atoms with E-state index in [4.69, 9.17) is 4.74 Å². The van der Waals surface area contributed by atoms with Gasteiger partial charge in [0.2, 0.25) is 5.91 Å². The maximum atomic E-state index is 12.2. The number of carbonyl (C=O) groups is 2. The van der Waals surface area contributed by atoms with Crippen molar-refractivity contribution >= 4 is 12.0 Å². The molecular formula is C17H26N2O3. The average Bonchev–Trinajstić information content (AvgIpc) is 2.50. The molecule has 1 aromatic carbocycles. The van der Waals surface area contributed by atoms with Crippen LogP contribution in [0.2, 0.25) is 0 Å². The lowest BCUT2D eigenvalue weighted by atomic mass is 9.98. The molecule has 0 saturated heterocycles. The standard InChI is InChI=1S/C17H26N2O3/c1-5-13(4)15(16(20)18-12(2)3)19-17(21)22-11-14-9-7-6-8-10-14/h6-10,12-13,15H,5,11H2,1-4H3,(H,18,20)(H,19,21)/t13-,15+/m0/s1. The maximum Gasteiger partial charge on any atom is 0.408 e. The van der Waals surface area contributed by atoms with E-state index >= 15 is 0 Å². The summed E-state index contributed by atoms with van der Waals surface area (Å²) in [6.45, 7) is 7.88. The van der Waals surface area contributed by atoms with Crippen molar-refractivity contribution in [2.75, 3.05) is 0 Å². The molecule has 0 unspecified atom stereocenters. The topological polar surface area (TPSA) is 67.4 Å². The van der Waals surface area contributed by atoms with Crippen molar-refractivity contribution in [1.29, 1.82) is 0 Å². The van der Waals surface area contributed by atoms with Crippen LogP contribution in [0, 0.1) is 5.92 Å². The third-order valence-electron chi connectivity index (χ3n) is 3.41. The van der Waals surface area contributed by atoms with Gasteiger partial charge in [-0.05, 0) is 25.3 Å². The fraction of sp³-hybridized carbons (Fsp3) is 0.529. The molecule has 0 saturated carbocycles. The number of hydrogen-bond donors (Lipinski definition) is 2. The van der Waals surface area contributed by atoms with Crippen LogP contribution in [0.3, 0.4) is 0 Å². The Morgan fingerprint density at radius 2 is 1.73 bits per heavy atom. The number of rotatable bonds is 7. The van der Waals surface area contributed by atoms with Gasteiger partial charge in [-0.2, -0.15) is 0 Å². The SMILES string of the molecule is CC[C@H](C)[C@@H](NC(=O)OCc1ccccc1)C(=O)NC(C)C. The minimum atomic E-state index is -0.587. The second-order valence-electron chi connectivity index (χ2n) is 5.73. The molecular weight excluding hydrogens is 280 g/mol. The van der Waals surface area contributed by atoms with Gasteiger partial charge in [-0.3, -0.25) is 4.79 Å². The van der Waals surface area contributed by atoms with E-state index < -0.39 is 12.1 Å². The highest BCUT2D eigenvalue weighted by Gasteiger charge is 2.26. The summed E-state index contributed by atoms with van der Waals surface area (Å²) in [5.74, 6) is -0.149. The van der Waals surface area contributed by atoms with Gasteiger partial charge < -0.3 is 15.4 Å². The summed E-state index contributed by atoms with van der Waals surface area (Å²) in [5.41, 5.74) is 0.907. The lowest BCUT2D eigenvalue weighted by Crippen LogP contribution is -2.51. The Bertz CT molecular complexity index is 474. The molecule has 0 spiro atoms. The molecule has 2 amide bonds. The van der Waals surface area contributed by atoms with Crippen molar-refractivity contribution in [3.8, 4) is 0 Å². The third kappa shape index (κ3) is 6.16. The maximum absolute atomic E-state index is 12.2. The van der Waals surface area contributed by atoms with Gasteiger partial charge in [-0.15, -0.1) is 0 Å². The first-order chi connectivity index (χ1) is 10.4. The molecule has 0 aromatic heterocycles. The molecule has 2 atom stereocenters. The van der Waals surface area contributed by atoms with Crippen LogP contribution in [-0.4, -0.2) is 24.1 Å². The fourth-order valence-corrected chi connectivity index (χ4v) is 1.97. The molecule has 0 aliphatic heterocycles. The summed E-state index contributed by atoms with van der Waals surface area (Å²) in [6.07, 6.45) is 0.211. The highest BCUT2D eigenvalue weighted by molar-refractivity contribution is 5.86. The predicted molar refractivity (Wildman–Crippen MR) is 86.3 cm³/mol. The molecule has 1 rings (SSSR count). The van der Waals surface area contributed by atoms with E-state index in [0.717, 1.165) is 12.0 Å².